The molecule has 8 heteroatoms. The summed E-state index contributed by atoms with van der Waals surface area (Å²) in [5.74, 6) is 1.33. The second-order valence-corrected chi connectivity index (χ2v) is 8.33. The number of rotatable bonds is 7. The highest BCUT2D eigenvalue weighted by atomic mass is 32.2. The number of aromatic nitrogens is 2. The van der Waals surface area contributed by atoms with E-state index in [9.17, 15) is 8.42 Å². The van der Waals surface area contributed by atoms with Crippen LogP contribution < -0.4 is 4.74 Å². The molecule has 0 aliphatic rings. The predicted octanol–water partition coefficient (Wildman–Crippen LogP) is 2.97. The highest BCUT2D eigenvalue weighted by Gasteiger charge is 2.29. The molecule has 3 aromatic rings. The molecule has 0 saturated carbocycles. The molecule has 7 nitrogen and oxygen atoms in total. The van der Waals surface area contributed by atoms with Crippen LogP contribution in [-0.4, -0.2) is 36.7 Å². The van der Waals surface area contributed by atoms with Crippen LogP contribution in [0.3, 0.4) is 0 Å². The first-order valence-corrected chi connectivity index (χ1v) is 9.92. The maximum Gasteiger partial charge on any atom is 0.246 e. The van der Waals surface area contributed by atoms with Crippen LogP contribution in [0, 0.1) is 13.8 Å². The number of methoxy groups -OCH3 is 1. The largest absolute Gasteiger partial charge is 0.497 e. The lowest BCUT2D eigenvalue weighted by Crippen LogP contribution is -2.27. The van der Waals surface area contributed by atoms with Crippen molar-refractivity contribution in [2.45, 2.75) is 31.8 Å². The molecule has 2 heterocycles. The van der Waals surface area contributed by atoms with Gasteiger partial charge >= 0.3 is 0 Å². The Bertz CT molecular complexity index is 1020. The zero-order valence-corrected chi connectivity index (χ0v) is 16.7. The molecular weight excluding hydrogens is 366 g/mol. The third-order valence-corrected chi connectivity index (χ3v) is 6.46. The zero-order chi connectivity index (χ0) is 19.6. The molecule has 0 spiro atoms. The summed E-state index contributed by atoms with van der Waals surface area (Å²) in [6.45, 7) is 4.10. The van der Waals surface area contributed by atoms with E-state index in [0.717, 1.165) is 11.3 Å². The van der Waals surface area contributed by atoms with Crippen LogP contribution in [0.5, 0.6) is 5.75 Å². The van der Waals surface area contributed by atoms with Crippen LogP contribution in [0.2, 0.25) is 0 Å². The molecule has 0 amide bonds. The molecule has 2 aromatic heterocycles. The Balaban J connectivity index is 1.90. The van der Waals surface area contributed by atoms with Crippen molar-refractivity contribution in [2.75, 3.05) is 14.2 Å². The molecule has 0 aliphatic heterocycles. The number of benzene rings is 1. The van der Waals surface area contributed by atoms with Crippen LogP contribution in [0.1, 0.15) is 22.7 Å². The number of nitrogens with zero attached hydrogens (tertiary/aromatic N) is 3. The van der Waals surface area contributed by atoms with Gasteiger partial charge in [0.1, 0.15) is 16.4 Å². The lowest BCUT2D eigenvalue weighted by molar-refractivity contribution is 0.406. The molecule has 0 bridgehead atoms. The van der Waals surface area contributed by atoms with Gasteiger partial charge in [0.2, 0.25) is 10.0 Å². The average Bonchev–Trinajstić information content (AvgIpc) is 3.23. The third kappa shape index (κ3) is 3.91. The fourth-order valence-corrected chi connectivity index (χ4v) is 4.52. The Morgan fingerprint density at radius 1 is 1.22 bits per heavy atom. The van der Waals surface area contributed by atoms with E-state index in [1.807, 2.05) is 24.3 Å². The monoisotopic (exact) mass is 389 g/mol. The number of sulfonamides is 1. The van der Waals surface area contributed by atoms with E-state index in [4.69, 9.17) is 9.15 Å². The van der Waals surface area contributed by atoms with Gasteiger partial charge in [0, 0.05) is 7.05 Å². The molecule has 0 saturated heterocycles. The van der Waals surface area contributed by atoms with Crippen molar-refractivity contribution in [1.82, 2.24) is 14.1 Å². The molecule has 1 aromatic carbocycles. The van der Waals surface area contributed by atoms with Crippen molar-refractivity contribution in [1.29, 1.82) is 0 Å². The molecular formula is C19H23N3O4S. The van der Waals surface area contributed by atoms with Crippen molar-refractivity contribution in [3.05, 3.63) is 65.4 Å². The van der Waals surface area contributed by atoms with Gasteiger partial charge < -0.3 is 9.15 Å². The van der Waals surface area contributed by atoms with Crippen molar-refractivity contribution >= 4 is 10.0 Å². The van der Waals surface area contributed by atoms with Gasteiger partial charge in [-0.15, -0.1) is 0 Å². The summed E-state index contributed by atoms with van der Waals surface area (Å²) in [7, 11) is -0.544. The van der Waals surface area contributed by atoms with Gasteiger partial charge in [0.25, 0.3) is 0 Å². The van der Waals surface area contributed by atoms with Crippen LogP contribution in [0.4, 0.5) is 0 Å². The Morgan fingerprint density at radius 3 is 2.67 bits per heavy atom. The number of ether oxygens (including phenoxy) is 1. The van der Waals surface area contributed by atoms with Gasteiger partial charge in [-0.05, 0) is 43.7 Å². The van der Waals surface area contributed by atoms with Gasteiger partial charge in [-0.1, -0.05) is 12.1 Å². The summed E-state index contributed by atoms with van der Waals surface area (Å²) in [6.07, 6.45) is 1.53. The number of furan rings is 1. The van der Waals surface area contributed by atoms with E-state index in [2.05, 4.69) is 5.10 Å². The van der Waals surface area contributed by atoms with Crippen molar-refractivity contribution in [3.8, 4) is 5.75 Å². The lowest BCUT2D eigenvalue weighted by Gasteiger charge is -2.16. The summed E-state index contributed by atoms with van der Waals surface area (Å²) in [4.78, 5) is 0.236. The number of hydrogen-bond donors (Lipinski definition) is 0. The first kappa shape index (κ1) is 19.2. The Kier molecular flexibility index (Phi) is 5.38. The minimum atomic E-state index is -3.70. The maximum absolute atomic E-state index is 13.1. The lowest BCUT2D eigenvalue weighted by atomic mass is 10.2. The fraction of sp³-hybridized carbons (Fsp3) is 0.316. The second kappa shape index (κ2) is 7.58. The summed E-state index contributed by atoms with van der Waals surface area (Å²) in [5.41, 5.74) is 2.05. The predicted molar refractivity (Wildman–Crippen MR) is 101 cm³/mol. The van der Waals surface area contributed by atoms with Gasteiger partial charge in [-0.2, -0.15) is 9.40 Å². The van der Waals surface area contributed by atoms with E-state index in [1.54, 1.807) is 37.8 Å². The molecule has 3 rings (SSSR count). The van der Waals surface area contributed by atoms with Crippen LogP contribution in [0.15, 0.2) is 52.0 Å². The summed E-state index contributed by atoms with van der Waals surface area (Å²) >= 11 is 0. The van der Waals surface area contributed by atoms with Crippen LogP contribution in [0.25, 0.3) is 0 Å². The van der Waals surface area contributed by atoms with E-state index in [1.165, 1.54) is 17.6 Å². The molecule has 0 N–H and O–H groups in total. The first-order chi connectivity index (χ1) is 12.8. The maximum atomic E-state index is 13.1. The van der Waals surface area contributed by atoms with Crippen LogP contribution >= 0.6 is 0 Å². The SMILES string of the molecule is COc1cccc(Cn2nc(C)c(S(=O)(=O)N(C)Cc3ccco3)c2C)c1. The summed E-state index contributed by atoms with van der Waals surface area (Å²) in [6, 6.07) is 11.1. The average molecular weight is 389 g/mol. The van der Waals surface area contributed by atoms with Gasteiger partial charge in [0.05, 0.1) is 37.9 Å². The fourth-order valence-electron chi connectivity index (χ4n) is 3.01. The van der Waals surface area contributed by atoms with E-state index < -0.39 is 10.0 Å². The second-order valence-electron chi connectivity index (χ2n) is 6.35. The van der Waals surface area contributed by atoms with Gasteiger partial charge in [-0.25, -0.2) is 8.42 Å². The highest BCUT2D eigenvalue weighted by molar-refractivity contribution is 7.89. The first-order valence-electron chi connectivity index (χ1n) is 8.48. The molecule has 144 valence electrons. The molecule has 0 unspecified atom stereocenters. The molecule has 0 aliphatic carbocycles. The minimum Gasteiger partial charge on any atom is -0.497 e. The van der Waals surface area contributed by atoms with Crippen molar-refractivity contribution < 1.29 is 17.6 Å². The zero-order valence-electron chi connectivity index (χ0n) is 15.8. The summed E-state index contributed by atoms with van der Waals surface area (Å²) in [5, 5.41) is 4.45. The van der Waals surface area contributed by atoms with E-state index in [0.29, 0.717) is 23.7 Å². The molecule has 27 heavy (non-hydrogen) atoms. The highest BCUT2D eigenvalue weighted by Crippen LogP contribution is 2.25. The molecule has 0 fully saturated rings. The van der Waals surface area contributed by atoms with E-state index >= 15 is 0 Å². The minimum absolute atomic E-state index is 0.162. The number of hydrogen-bond acceptors (Lipinski definition) is 5. The Hall–Kier alpha value is -2.58. The molecule has 0 atom stereocenters. The smallest absolute Gasteiger partial charge is 0.246 e. The quantitative estimate of drug-likeness (QED) is 0.621. The number of aryl methyl sites for hydroxylation is 1. The normalized spacial score (nSPS) is 11.9. The van der Waals surface area contributed by atoms with Crippen molar-refractivity contribution in [3.63, 3.8) is 0 Å². The Labute approximate surface area is 159 Å². The summed E-state index contributed by atoms with van der Waals surface area (Å²) < 4.78 is 39.6. The van der Waals surface area contributed by atoms with E-state index in [-0.39, 0.29) is 11.4 Å². The van der Waals surface area contributed by atoms with Crippen LogP contribution in [-0.2, 0) is 23.1 Å². The Morgan fingerprint density at radius 2 is 2.00 bits per heavy atom. The third-order valence-electron chi connectivity index (χ3n) is 4.41. The standard InChI is InChI=1S/C19H23N3O4S/c1-14-19(27(23,24)21(3)13-18-9-6-10-26-18)15(2)22(20-14)12-16-7-5-8-17(11-16)25-4/h5-11H,12-13H2,1-4H3. The molecule has 0 radical (unpaired) electrons. The van der Waals surface area contributed by atoms with Crippen molar-refractivity contribution in [2.24, 2.45) is 0 Å². The van der Waals surface area contributed by atoms with Gasteiger partial charge in [-0.3, -0.25) is 4.68 Å². The topological polar surface area (TPSA) is 77.6 Å². The van der Waals surface area contributed by atoms with Gasteiger partial charge in [0.15, 0.2) is 0 Å².